The lowest BCUT2D eigenvalue weighted by Crippen LogP contribution is -2.05. The molecule has 24 heavy (non-hydrogen) atoms. The first-order valence-corrected chi connectivity index (χ1v) is 7.59. The Hall–Kier alpha value is -3.02. The Labute approximate surface area is 140 Å². The number of hydrogen-bond donors (Lipinski definition) is 2. The molecule has 0 spiro atoms. The van der Waals surface area contributed by atoms with E-state index in [-0.39, 0.29) is 5.82 Å². The summed E-state index contributed by atoms with van der Waals surface area (Å²) < 4.78 is 13.7. The summed E-state index contributed by atoms with van der Waals surface area (Å²) in [6, 6.07) is 10.6. The minimum atomic E-state index is -0.351. The number of benzene rings is 2. The largest absolute Gasteiger partial charge is 0.336 e. The quantitative estimate of drug-likeness (QED) is 0.744. The van der Waals surface area contributed by atoms with E-state index in [1.54, 1.807) is 18.2 Å². The molecular formula is C18H18FN5. The van der Waals surface area contributed by atoms with Crippen LogP contribution in [0.4, 0.5) is 27.5 Å². The monoisotopic (exact) mass is 323 g/mol. The van der Waals surface area contributed by atoms with Crippen LogP contribution in [-0.4, -0.2) is 15.2 Å². The van der Waals surface area contributed by atoms with Crippen LogP contribution < -0.4 is 10.6 Å². The Morgan fingerprint density at radius 1 is 0.958 bits per heavy atom. The van der Waals surface area contributed by atoms with Crippen molar-refractivity contribution in [3.63, 3.8) is 0 Å². The first-order chi connectivity index (χ1) is 11.5. The molecule has 0 saturated carbocycles. The van der Waals surface area contributed by atoms with Crippen molar-refractivity contribution in [2.75, 3.05) is 10.6 Å². The molecule has 2 N–H and O–H groups in total. The molecule has 0 aliphatic carbocycles. The van der Waals surface area contributed by atoms with Crippen molar-refractivity contribution < 1.29 is 4.39 Å². The van der Waals surface area contributed by atoms with E-state index < -0.39 is 0 Å². The highest BCUT2D eigenvalue weighted by Crippen LogP contribution is 2.25. The van der Waals surface area contributed by atoms with Gasteiger partial charge in [0.05, 0.1) is 11.9 Å². The smallest absolute Gasteiger partial charge is 0.249 e. The Bertz CT molecular complexity index is 856. The Balaban J connectivity index is 1.85. The van der Waals surface area contributed by atoms with Crippen LogP contribution in [-0.2, 0) is 0 Å². The van der Waals surface area contributed by atoms with Crippen LogP contribution in [0.2, 0.25) is 0 Å². The zero-order valence-corrected chi connectivity index (χ0v) is 13.8. The van der Waals surface area contributed by atoms with Gasteiger partial charge in [0.25, 0.3) is 0 Å². The molecule has 1 heterocycles. The standard InChI is InChI=1S/C18H18FN5/c1-11-8-12(2)17(13(3)9-11)23-18-22-16(10-20-24-18)21-15-7-5-4-6-14(15)19/h4-10H,1-3H3,(H2,21,22,23,24). The van der Waals surface area contributed by atoms with Gasteiger partial charge in [0, 0.05) is 5.69 Å². The third kappa shape index (κ3) is 3.48. The summed E-state index contributed by atoms with van der Waals surface area (Å²) in [7, 11) is 0. The van der Waals surface area contributed by atoms with Gasteiger partial charge in [0.15, 0.2) is 5.82 Å². The number of aryl methyl sites for hydroxylation is 3. The zero-order chi connectivity index (χ0) is 17.1. The van der Waals surface area contributed by atoms with E-state index in [9.17, 15) is 4.39 Å². The number of para-hydroxylation sites is 1. The molecule has 0 aliphatic rings. The summed E-state index contributed by atoms with van der Waals surface area (Å²) in [5.41, 5.74) is 4.69. The van der Waals surface area contributed by atoms with Crippen molar-refractivity contribution in [3.05, 3.63) is 65.1 Å². The van der Waals surface area contributed by atoms with Gasteiger partial charge in [0.1, 0.15) is 5.82 Å². The number of aromatic nitrogens is 3. The van der Waals surface area contributed by atoms with E-state index in [1.807, 2.05) is 13.8 Å². The number of nitrogens with zero attached hydrogens (tertiary/aromatic N) is 3. The van der Waals surface area contributed by atoms with Crippen molar-refractivity contribution in [2.24, 2.45) is 0 Å². The van der Waals surface area contributed by atoms with E-state index in [0.29, 0.717) is 17.5 Å². The lowest BCUT2D eigenvalue weighted by molar-refractivity contribution is 0.632. The molecule has 3 aromatic rings. The van der Waals surface area contributed by atoms with Crippen LogP contribution in [0.1, 0.15) is 16.7 Å². The second-order valence-corrected chi connectivity index (χ2v) is 5.67. The fourth-order valence-corrected chi connectivity index (χ4v) is 2.61. The molecule has 0 bridgehead atoms. The fourth-order valence-electron chi connectivity index (χ4n) is 2.61. The number of halogens is 1. The fraction of sp³-hybridized carbons (Fsp3) is 0.167. The van der Waals surface area contributed by atoms with Crippen molar-refractivity contribution in [3.8, 4) is 0 Å². The molecule has 6 heteroatoms. The molecule has 2 aromatic carbocycles. The van der Waals surface area contributed by atoms with Gasteiger partial charge in [0.2, 0.25) is 5.95 Å². The molecule has 0 aliphatic heterocycles. The van der Waals surface area contributed by atoms with Crippen LogP contribution in [0.25, 0.3) is 0 Å². The summed E-state index contributed by atoms with van der Waals surface area (Å²) in [6.45, 7) is 6.11. The van der Waals surface area contributed by atoms with Crippen LogP contribution in [0, 0.1) is 26.6 Å². The average Bonchev–Trinajstić information content (AvgIpc) is 2.53. The molecule has 0 fully saturated rings. The first kappa shape index (κ1) is 15.9. The molecule has 122 valence electrons. The lowest BCUT2D eigenvalue weighted by Gasteiger charge is -2.13. The number of rotatable bonds is 4. The highest BCUT2D eigenvalue weighted by molar-refractivity contribution is 5.64. The van der Waals surface area contributed by atoms with Gasteiger partial charge < -0.3 is 10.6 Å². The van der Waals surface area contributed by atoms with Crippen LogP contribution in [0.15, 0.2) is 42.6 Å². The highest BCUT2D eigenvalue weighted by atomic mass is 19.1. The van der Waals surface area contributed by atoms with E-state index in [2.05, 4.69) is 44.9 Å². The van der Waals surface area contributed by atoms with Gasteiger partial charge in [-0.05, 0) is 44.0 Å². The van der Waals surface area contributed by atoms with Crippen LogP contribution in [0.5, 0.6) is 0 Å². The minimum absolute atomic E-state index is 0.339. The lowest BCUT2D eigenvalue weighted by atomic mass is 10.1. The van der Waals surface area contributed by atoms with E-state index in [1.165, 1.54) is 17.8 Å². The Morgan fingerprint density at radius 3 is 2.38 bits per heavy atom. The predicted octanol–water partition coefficient (Wildman–Crippen LogP) is 4.42. The topological polar surface area (TPSA) is 62.7 Å². The van der Waals surface area contributed by atoms with E-state index >= 15 is 0 Å². The van der Waals surface area contributed by atoms with Gasteiger partial charge >= 0.3 is 0 Å². The minimum Gasteiger partial charge on any atom is -0.336 e. The second-order valence-electron chi connectivity index (χ2n) is 5.67. The predicted molar refractivity (Wildman–Crippen MR) is 93.4 cm³/mol. The van der Waals surface area contributed by atoms with E-state index in [0.717, 1.165) is 16.8 Å². The maximum atomic E-state index is 13.7. The van der Waals surface area contributed by atoms with Crippen molar-refractivity contribution in [2.45, 2.75) is 20.8 Å². The molecule has 0 saturated heterocycles. The van der Waals surface area contributed by atoms with Gasteiger partial charge in [-0.2, -0.15) is 10.1 Å². The molecule has 0 unspecified atom stereocenters. The third-order valence-electron chi connectivity index (χ3n) is 3.61. The van der Waals surface area contributed by atoms with Crippen molar-refractivity contribution in [1.82, 2.24) is 15.2 Å². The van der Waals surface area contributed by atoms with Gasteiger partial charge in [-0.1, -0.05) is 29.8 Å². The van der Waals surface area contributed by atoms with Crippen LogP contribution in [0.3, 0.4) is 0 Å². The molecular weight excluding hydrogens is 305 g/mol. The van der Waals surface area contributed by atoms with Gasteiger partial charge in [-0.3, -0.25) is 0 Å². The summed E-state index contributed by atoms with van der Waals surface area (Å²) >= 11 is 0. The SMILES string of the molecule is Cc1cc(C)c(Nc2nncc(Nc3ccccc3F)n2)c(C)c1. The van der Waals surface area contributed by atoms with Crippen LogP contribution >= 0.6 is 0 Å². The molecule has 1 aromatic heterocycles. The summed E-state index contributed by atoms with van der Waals surface area (Å²) in [6.07, 6.45) is 1.45. The summed E-state index contributed by atoms with van der Waals surface area (Å²) in [5.74, 6) is 0.419. The molecule has 0 radical (unpaired) electrons. The third-order valence-corrected chi connectivity index (χ3v) is 3.61. The Morgan fingerprint density at radius 2 is 1.67 bits per heavy atom. The summed E-state index contributed by atoms with van der Waals surface area (Å²) in [4.78, 5) is 4.35. The summed E-state index contributed by atoms with van der Waals surface area (Å²) in [5, 5.41) is 14.0. The van der Waals surface area contributed by atoms with Gasteiger partial charge in [-0.25, -0.2) is 4.39 Å². The van der Waals surface area contributed by atoms with Crippen molar-refractivity contribution >= 4 is 23.1 Å². The number of nitrogens with one attached hydrogen (secondary N) is 2. The Kier molecular flexibility index (Phi) is 4.37. The first-order valence-electron chi connectivity index (χ1n) is 7.59. The maximum Gasteiger partial charge on any atom is 0.249 e. The maximum absolute atomic E-state index is 13.7. The molecule has 5 nitrogen and oxygen atoms in total. The molecule has 0 atom stereocenters. The second kappa shape index (κ2) is 6.62. The van der Waals surface area contributed by atoms with Crippen molar-refractivity contribution in [1.29, 1.82) is 0 Å². The normalized spacial score (nSPS) is 10.5. The highest BCUT2D eigenvalue weighted by Gasteiger charge is 2.08. The average molecular weight is 323 g/mol. The number of hydrogen-bond acceptors (Lipinski definition) is 5. The van der Waals surface area contributed by atoms with E-state index in [4.69, 9.17) is 0 Å². The molecule has 3 rings (SSSR count). The molecule has 0 amide bonds. The number of anilines is 4. The van der Waals surface area contributed by atoms with Gasteiger partial charge in [-0.15, -0.1) is 5.10 Å². The zero-order valence-electron chi connectivity index (χ0n) is 13.8.